The number of ketones is 1. The molecule has 1 aromatic heterocycles. The van der Waals surface area contributed by atoms with Crippen molar-refractivity contribution in [1.82, 2.24) is 4.57 Å². The van der Waals surface area contributed by atoms with Crippen LogP contribution < -0.4 is 4.74 Å². The van der Waals surface area contributed by atoms with Crippen LogP contribution >= 0.6 is 0 Å². The first-order valence-electron chi connectivity index (χ1n) is 6.88. The van der Waals surface area contributed by atoms with Crippen LogP contribution in [0.3, 0.4) is 0 Å². The number of rotatable bonds is 6. The third kappa shape index (κ3) is 3.16. The van der Waals surface area contributed by atoms with Crippen LogP contribution in [0.5, 0.6) is 5.75 Å². The van der Waals surface area contributed by atoms with E-state index in [9.17, 15) is 4.79 Å². The molecule has 0 aliphatic heterocycles. The van der Waals surface area contributed by atoms with Crippen LogP contribution in [-0.2, 0) is 11.3 Å². The average Bonchev–Trinajstić information content (AvgIpc) is 2.73. The third-order valence-electron chi connectivity index (χ3n) is 3.01. The van der Waals surface area contributed by atoms with Gasteiger partial charge in [0.15, 0.2) is 5.78 Å². The predicted octanol–water partition coefficient (Wildman–Crippen LogP) is 3.80. The molecule has 0 N–H and O–H groups in total. The number of aromatic nitrogens is 1. The first-order valence-corrected chi connectivity index (χ1v) is 6.88. The van der Waals surface area contributed by atoms with Gasteiger partial charge in [0.1, 0.15) is 5.75 Å². The molecule has 0 aliphatic carbocycles. The molecule has 2 rings (SSSR count). The summed E-state index contributed by atoms with van der Waals surface area (Å²) < 4.78 is 7.80. The van der Waals surface area contributed by atoms with Gasteiger partial charge in [0, 0.05) is 18.0 Å². The van der Waals surface area contributed by atoms with E-state index in [0.717, 1.165) is 23.1 Å². The van der Waals surface area contributed by atoms with Crippen molar-refractivity contribution in [1.29, 1.82) is 0 Å². The molecular formula is C16H21NO2. The minimum Gasteiger partial charge on any atom is -0.490 e. The number of hydrogen-bond acceptors (Lipinski definition) is 2. The van der Waals surface area contributed by atoms with Crippen LogP contribution in [0, 0.1) is 0 Å². The molecule has 0 saturated heterocycles. The first kappa shape index (κ1) is 13.7. The minimum atomic E-state index is 0.149. The molecular weight excluding hydrogens is 238 g/mol. The molecule has 0 atom stereocenters. The van der Waals surface area contributed by atoms with E-state index in [1.54, 1.807) is 0 Å². The quantitative estimate of drug-likeness (QED) is 0.790. The Bertz CT molecular complexity index is 569. The van der Waals surface area contributed by atoms with E-state index < -0.39 is 0 Å². The summed E-state index contributed by atoms with van der Waals surface area (Å²) in [6.07, 6.45) is 3.66. The number of fused-ring (bicyclic) bond motifs is 1. The molecule has 3 heteroatoms. The van der Waals surface area contributed by atoms with Gasteiger partial charge in [0.05, 0.1) is 18.2 Å². The fourth-order valence-corrected chi connectivity index (χ4v) is 2.24. The van der Waals surface area contributed by atoms with Crippen LogP contribution in [-0.4, -0.2) is 16.5 Å². The van der Waals surface area contributed by atoms with Crippen molar-refractivity contribution >= 4 is 16.7 Å². The second kappa shape index (κ2) is 5.91. The van der Waals surface area contributed by atoms with Crippen LogP contribution in [0.4, 0.5) is 0 Å². The second-order valence-electron chi connectivity index (χ2n) is 5.09. The molecule has 0 aliphatic rings. The molecule has 0 fully saturated rings. The highest BCUT2D eigenvalue weighted by atomic mass is 16.5. The lowest BCUT2D eigenvalue weighted by atomic mass is 10.2. The zero-order valence-electron chi connectivity index (χ0n) is 11.8. The van der Waals surface area contributed by atoms with Crippen molar-refractivity contribution in [2.75, 3.05) is 0 Å². The topological polar surface area (TPSA) is 31.2 Å². The van der Waals surface area contributed by atoms with Gasteiger partial charge < -0.3 is 9.30 Å². The van der Waals surface area contributed by atoms with Gasteiger partial charge >= 0.3 is 0 Å². The Morgan fingerprint density at radius 1 is 1.32 bits per heavy atom. The molecule has 0 radical (unpaired) electrons. The van der Waals surface area contributed by atoms with Gasteiger partial charge in [-0.2, -0.15) is 0 Å². The number of nitrogens with zero attached hydrogens (tertiary/aromatic N) is 1. The Balaban J connectivity index is 2.30. The van der Waals surface area contributed by atoms with E-state index in [0.29, 0.717) is 13.0 Å². The number of carbonyl (C=O) groups excluding carboxylic acids is 1. The zero-order chi connectivity index (χ0) is 13.8. The van der Waals surface area contributed by atoms with Gasteiger partial charge in [-0.1, -0.05) is 13.0 Å². The van der Waals surface area contributed by atoms with Crippen LogP contribution in [0.2, 0.25) is 0 Å². The lowest BCUT2D eigenvalue weighted by molar-refractivity contribution is -0.119. The number of benzene rings is 1. The monoisotopic (exact) mass is 259 g/mol. The van der Waals surface area contributed by atoms with Crippen molar-refractivity contribution < 1.29 is 9.53 Å². The Labute approximate surface area is 114 Å². The van der Waals surface area contributed by atoms with Crippen molar-refractivity contribution in [3.05, 3.63) is 30.5 Å². The Morgan fingerprint density at radius 3 is 2.79 bits per heavy atom. The molecule has 0 saturated carbocycles. The molecule has 0 unspecified atom stereocenters. The summed E-state index contributed by atoms with van der Waals surface area (Å²) in [4.78, 5) is 11.8. The predicted molar refractivity (Wildman–Crippen MR) is 77.6 cm³/mol. The minimum absolute atomic E-state index is 0.149. The number of Topliss-reactive ketones (excluding diaryl/α,β-unsaturated/α-hetero) is 1. The van der Waals surface area contributed by atoms with Gasteiger partial charge in [0.25, 0.3) is 0 Å². The molecule has 102 valence electrons. The van der Waals surface area contributed by atoms with Gasteiger partial charge in [-0.25, -0.2) is 0 Å². The van der Waals surface area contributed by atoms with Gasteiger partial charge in [-0.05, 0) is 38.5 Å². The van der Waals surface area contributed by atoms with Crippen LogP contribution in [0.15, 0.2) is 30.5 Å². The van der Waals surface area contributed by atoms with E-state index in [2.05, 4.69) is 0 Å². The largest absolute Gasteiger partial charge is 0.490 e. The molecule has 1 heterocycles. The number of ether oxygens (including phenoxy) is 1. The van der Waals surface area contributed by atoms with E-state index in [4.69, 9.17) is 4.74 Å². The third-order valence-corrected chi connectivity index (χ3v) is 3.01. The fraction of sp³-hybridized carbons (Fsp3) is 0.438. The Morgan fingerprint density at radius 2 is 2.11 bits per heavy atom. The normalized spacial score (nSPS) is 11.2. The Kier molecular flexibility index (Phi) is 4.25. The summed E-state index contributed by atoms with van der Waals surface area (Å²) in [5, 5.41) is 1.07. The first-order chi connectivity index (χ1) is 9.11. The highest BCUT2D eigenvalue weighted by molar-refractivity contribution is 5.88. The lowest BCUT2D eigenvalue weighted by Gasteiger charge is -2.11. The summed E-state index contributed by atoms with van der Waals surface area (Å²) in [6.45, 7) is 6.50. The fourth-order valence-electron chi connectivity index (χ4n) is 2.24. The van der Waals surface area contributed by atoms with Gasteiger partial charge in [-0.15, -0.1) is 0 Å². The highest BCUT2D eigenvalue weighted by Crippen LogP contribution is 2.27. The summed E-state index contributed by atoms with van der Waals surface area (Å²) in [6, 6.07) is 8.00. The van der Waals surface area contributed by atoms with E-state index in [-0.39, 0.29) is 11.9 Å². The maximum atomic E-state index is 11.8. The van der Waals surface area contributed by atoms with E-state index >= 15 is 0 Å². The molecule has 0 spiro atoms. The second-order valence-corrected chi connectivity index (χ2v) is 5.09. The zero-order valence-corrected chi connectivity index (χ0v) is 11.8. The molecule has 19 heavy (non-hydrogen) atoms. The highest BCUT2D eigenvalue weighted by Gasteiger charge is 2.09. The van der Waals surface area contributed by atoms with Crippen molar-refractivity contribution in [2.45, 2.75) is 46.3 Å². The van der Waals surface area contributed by atoms with Gasteiger partial charge in [0.2, 0.25) is 0 Å². The summed E-state index contributed by atoms with van der Waals surface area (Å²) >= 11 is 0. The van der Waals surface area contributed by atoms with Gasteiger partial charge in [-0.3, -0.25) is 4.79 Å². The Hall–Kier alpha value is -1.77. The SMILES string of the molecule is CCCC(=O)Cn1ccc2c(OC(C)C)cccc21. The molecule has 2 aromatic rings. The maximum Gasteiger partial charge on any atom is 0.152 e. The molecule has 0 bridgehead atoms. The maximum absolute atomic E-state index is 11.8. The number of hydrogen-bond donors (Lipinski definition) is 0. The van der Waals surface area contributed by atoms with Crippen LogP contribution in [0.1, 0.15) is 33.6 Å². The van der Waals surface area contributed by atoms with E-state index in [1.165, 1.54) is 0 Å². The van der Waals surface area contributed by atoms with Crippen molar-refractivity contribution in [3.8, 4) is 5.75 Å². The standard InChI is InChI=1S/C16H21NO2/c1-4-6-13(18)11-17-10-9-14-15(17)7-5-8-16(14)19-12(2)3/h5,7-10,12H,4,6,11H2,1-3H3. The summed E-state index contributed by atoms with van der Waals surface area (Å²) in [5.41, 5.74) is 1.06. The van der Waals surface area contributed by atoms with E-state index in [1.807, 2.05) is 55.8 Å². The number of carbonyl (C=O) groups is 1. The molecule has 1 aromatic carbocycles. The van der Waals surface area contributed by atoms with Crippen molar-refractivity contribution in [3.63, 3.8) is 0 Å². The van der Waals surface area contributed by atoms with Crippen LogP contribution in [0.25, 0.3) is 10.9 Å². The lowest BCUT2D eigenvalue weighted by Crippen LogP contribution is -2.08. The average molecular weight is 259 g/mol. The summed E-state index contributed by atoms with van der Waals surface area (Å²) in [7, 11) is 0. The smallest absolute Gasteiger partial charge is 0.152 e. The molecule has 0 amide bonds. The molecule has 3 nitrogen and oxygen atoms in total. The summed E-state index contributed by atoms with van der Waals surface area (Å²) in [5.74, 6) is 1.16. The van der Waals surface area contributed by atoms with Crippen molar-refractivity contribution in [2.24, 2.45) is 0 Å².